The zero-order chi connectivity index (χ0) is 11.9. The molecule has 0 spiro atoms. The highest BCUT2D eigenvalue weighted by atomic mass is 19.1. The van der Waals surface area contributed by atoms with Gasteiger partial charge in [0.1, 0.15) is 5.82 Å². The van der Waals surface area contributed by atoms with E-state index in [0.717, 1.165) is 10.9 Å². The van der Waals surface area contributed by atoms with E-state index in [9.17, 15) is 4.39 Å². The number of fused-ring (bicyclic) bond motifs is 1. The molecule has 0 aliphatic carbocycles. The fourth-order valence-corrected chi connectivity index (χ4v) is 2.31. The second-order valence-electron chi connectivity index (χ2n) is 4.36. The van der Waals surface area contributed by atoms with Crippen LogP contribution < -0.4 is 5.73 Å². The van der Waals surface area contributed by atoms with Crippen molar-refractivity contribution in [3.8, 4) is 0 Å². The molecule has 1 aromatic heterocycles. The molecule has 3 heteroatoms. The third-order valence-corrected chi connectivity index (χ3v) is 3.35. The number of nitrogens with two attached hydrogens (primary N) is 1. The second kappa shape index (κ2) is 3.91. The molecular formula is C13H17FN2. The predicted molar refractivity (Wildman–Crippen MR) is 65.1 cm³/mol. The first kappa shape index (κ1) is 11.1. The predicted octanol–water partition coefficient (Wildman–Crippen LogP) is 2.69. The molecular weight excluding hydrogens is 203 g/mol. The summed E-state index contributed by atoms with van der Waals surface area (Å²) in [6, 6.07) is 4.93. The third-order valence-electron chi connectivity index (χ3n) is 3.35. The molecule has 1 heterocycles. The number of nitrogens with zero attached hydrogens (tertiary/aromatic N) is 1. The molecule has 0 amide bonds. The number of benzene rings is 1. The fraction of sp³-hybridized carbons (Fsp3) is 0.385. The SMILES string of the molecule is Cc1c(C(C)CN)c2ccc(F)cc2n1C. The van der Waals surface area contributed by atoms with E-state index in [1.165, 1.54) is 17.3 Å². The molecule has 1 unspecified atom stereocenters. The minimum Gasteiger partial charge on any atom is -0.348 e. The van der Waals surface area contributed by atoms with Crippen molar-refractivity contribution in [1.82, 2.24) is 4.57 Å². The minimum atomic E-state index is -0.194. The van der Waals surface area contributed by atoms with E-state index in [2.05, 4.69) is 13.8 Å². The first-order valence-corrected chi connectivity index (χ1v) is 5.50. The second-order valence-corrected chi connectivity index (χ2v) is 4.36. The van der Waals surface area contributed by atoms with Crippen LogP contribution in [0.5, 0.6) is 0 Å². The van der Waals surface area contributed by atoms with Crippen molar-refractivity contribution in [2.24, 2.45) is 12.8 Å². The average Bonchev–Trinajstić information content (AvgIpc) is 2.52. The Morgan fingerprint density at radius 2 is 2.12 bits per heavy atom. The maximum atomic E-state index is 13.2. The Labute approximate surface area is 94.9 Å². The van der Waals surface area contributed by atoms with Crippen LogP contribution in [0.2, 0.25) is 0 Å². The van der Waals surface area contributed by atoms with Crippen LogP contribution in [0.4, 0.5) is 4.39 Å². The summed E-state index contributed by atoms with van der Waals surface area (Å²) in [5.41, 5.74) is 9.06. The third kappa shape index (κ3) is 1.52. The van der Waals surface area contributed by atoms with Crippen molar-refractivity contribution >= 4 is 10.9 Å². The summed E-state index contributed by atoms with van der Waals surface area (Å²) in [7, 11) is 1.96. The minimum absolute atomic E-state index is 0.194. The lowest BCUT2D eigenvalue weighted by Crippen LogP contribution is -2.09. The number of rotatable bonds is 2. The summed E-state index contributed by atoms with van der Waals surface area (Å²) in [6.07, 6.45) is 0. The van der Waals surface area contributed by atoms with Crippen molar-refractivity contribution in [3.63, 3.8) is 0 Å². The van der Waals surface area contributed by atoms with Crippen molar-refractivity contribution in [3.05, 3.63) is 35.3 Å². The van der Waals surface area contributed by atoms with Crippen LogP contribution in [0.1, 0.15) is 24.1 Å². The molecule has 86 valence electrons. The highest BCUT2D eigenvalue weighted by molar-refractivity contribution is 5.86. The maximum Gasteiger partial charge on any atom is 0.125 e. The summed E-state index contributed by atoms with van der Waals surface area (Å²) in [5.74, 6) is 0.106. The quantitative estimate of drug-likeness (QED) is 0.828. The fourth-order valence-electron chi connectivity index (χ4n) is 2.31. The van der Waals surface area contributed by atoms with Gasteiger partial charge >= 0.3 is 0 Å². The number of aryl methyl sites for hydroxylation is 1. The molecule has 0 radical (unpaired) electrons. The molecule has 2 nitrogen and oxygen atoms in total. The van der Waals surface area contributed by atoms with E-state index in [0.29, 0.717) is 12.5 Å². The maximum absolute atomic E-state index is 13.2. The zero-order valence-corrected chi connectivity index (χ0v) is 9.92. The van der Waals surface area contributed by atoms with Crippen LogP contribution >= 0.6 is 0 Å². The van der Waals surface area contributed by atoms with Crippen LogP contribution in [-0.4, -0.2) is 11.1 Å². The average molecular weight is 220 g/mol. The molecule has 0 fully saturated rings. The van der Waals surface area contributed by atoms with Crippen molar-refractivity contribution in [1.29, 1.82) is 0 Å². The Morgan fingerprint density at radius 3 is 2.75 bits per heavy atom. The summed E-state index contributed by atoms with van der Waals surface area (Å²) in [5, 5.41) is 1.11. The standard InChI is InChI=1S/C13H17FN2/c1-8(7-15)13-9(2)16(3)12-6-10(14)4-5-11(12)13/h4-6,8H,7,15H2,1-3H3. The van der Waals surface area contributed by atoms with E-state index >= 15 is 0 Å². The first-order valence-electron chi connectivity index (χ1n) is 5.50. The van der Waals surface area contributed by atoms with Gasteiger partial charge in [-0.15, -0.1) is 0 Å². The lowest BCUT2D eigenvalue weighted by Gasteiger charge is -2.09. The molecule has 16 heavy (non-hydrogen) atoms. The Balaban J connectivity index is 2.79. The Bertz CT molecular complexity index is 528. The number of hydrogen-bond acceptors (Lipinski definition) is 1. The molecule has 2 aromatic rings. The van der Waals surface area contributed by atoms with Gasteiger partial charge in [0.15, 0.2) is 0 Å². The van der Waals surface area contributed by atoms with Gasteiger partial charge in [0, 0.05) is 18.1 Å². The lowest BCUT2D eigenvalue weighted by atomic mass is 9.98. The van der Waals surface area contributed by atoms with Crippen molar-refractivity contribution in [2.45, 2.75) is 19.8 Å². The summed E-state index contributed by atoms with van der Waals surface area (Å²) in [6.45, 7) is 4.77. The molecule has 2 rings (SSSR count). The number of halogens is 1. The van der Waals surface area contributed by atoms with Crippen LogP contribution in [0, 0.1) is 12.7 Å². The lowest BCUT2D eigenvalue weighted by molar-refractivity contribution is 0.629. The van der Waals surface area contributed by atoms with Gasteiger partial charge in [0.05, 0.1) is 5.52 Å². The highest BCUT2D eigenvalue weighted by Gasteiger charge is 2.16. The van der Waals surface area contributed by atoms with Gasteiger partial charge in [0.25, 0.3) is 0 Å². The monoisotopic (exact) mass is 220 g/mol. The molecule has 0 aliphatic heterocycles. The summed E-state index contributed by atoms with van der Waals surface area (Å²) < 4.78 is 15.2. The number of hydrogen-bond donors (Lipinski definition) is 1. The van der Waals surface area contributed by atoms with Crippen LogP contribution in [-0.2, 0) is 7.05 Å². The van der Waals surface area contributed by atoms with Crippen LogP contribution in [0.15, 0.2) is 18.2 Å². The van der Waals surface area contributed by atoms with Crippen molar-refractivity contribution < 1.29 is 4.39 Å². The van der Waals surface area contributed by atoms with Gasteiger partial charge in [-0.05, 0) is 43.1 Å². The van der Waals surface area contributed by atoms with Gasteiger partial charge in [-0.25, -0.2) is 4.39 Å². The summed E-state index contributed by atoms with van der Waals surface area (Å²) >= 11 is 0. The molecule has 1 aromatic carbocycles. The van der Waals surface area contributed by atoms with Crippen LogP contribution in [0.3, 0.4) is 0 Å². The molecule has 0 saturated heterocycles. The van der Waals surface area contributed by atoms with E-state index in [1.807, 2.05) is 17.7 Å². The molecule has 0 aliphatic rings. The van der Waals surface area contributed by atoms with Gasteiger partial charge < -0.3 is 10.3 Å². The zero-order valence-electron chi connectivity index (χ0n) is 9.92. The normalized spacial score (nSPS) is 13.3. The molecule has 2 N–H and O–H groups in total. The molecule has 0 bridgehead atoms. The topological polar surface area (TPSA) is 30.9 Å². The van der Waals surface area contributed by atoms with Gasteiger partial charge in [-0.1, -0.05) is 6.92 Å². The Kier molecular flexibility index (Phi) is 2.72. The first-order chi connectivity index (χ1) is 7.56. The Hall–Kier alpha value is -1.35. The molecule has 0 saturated carbocycles. The van der Waals surface area contributed by atoms with E-state index in [1.54, 1.807) is 6.07 Å². The van der Waals surface area contributed by atoms with Crippen LogP contribution in [0.25, 0.3) is 10.9 Å². The summed E-state index contributed by atoms with van der Waals surface area (Å²) in [4.78, 5) is 0. The van der Waals surface area contributed by atoms with E-state index in [4.69, 9.17) is 5.73 Å². The Morgan fingerprint density at radius 1 is 1.44 bits per heavy atom. The highest BCUT2D eigenvalue weighted by Crippen LogP contribution is 2.30. The smallest absolute Gasteiger partial charge is 0.125 e. The van der Waals surface area contributed by atoms with Gasteiger partial charge in [0.2, 0.25) is 0 Å². The van der Waals surface area contributed by atoms with Crippen molar-refractivity contribution in [2.75, 3.05) is 6.54 Å². The van der Waals surface area contributed by atoms with Gasteiger partial charge in [-0.2, -0.15) is 0 Å². The van der Waals surface area contributed by atoms with E-state index in [-0.39, 0.29) is 5.82 Å². The van der Waals surface area contributed by atoms with Gasteiger partial charge in [-0.3, -0.25) is 0 Å². The van der Waals surface area contributed by atoms with E-state index < -0.39 is 0 Å². The molecule has 1 atom stereocenters. The largest absolute Gasteiger partial charge is 0.348 e. The number of aromatic nitrogens is 1.